The van der Waals surface area contributed by atoms with Gasteiger partial charge in [-0.25, -0.2) is 0 Å². The highest BCUT2D eigenvalue weighted by molar-refractivity contribution is 5.80. The lowest BCUT2D eigenvalue weighted by Gasteiger charge is -1.89. The lowest BCUT2D eigenvalue weighted by atomic mass is 10.3. The first-order chi connectivity index (χ1) is 3.83. The number of allylic oxidation sites excluding steroid dienone is 2. The van der Waals surface area contributed by atoms with Gasteiger partial charge in [-0.3, -0.25) is 4.79 Å². The van der Waals surface area contributed by atoms with Crippen molar-refractivity contribution in [1.29, 1.82) is 0 Å². The summed E-state index contributed by atoms with van der Waals surface area (Å²) >= 11 is 0. The largest absolute Gasteiger partial charge is 0.330 e. The number of carbonyl (C=O) groups excluding carboxylic acids is 1. The second kappa shape index (κ2) is 1.99. The van der Waals surface area contributed by atoms with Crippen molar-refractivity contribution in [2.75, 3.05) is 0 Å². The summed E-state index contributed by atoms with van der Waals surface area (Å²) in [6.07, 6.45) is 3.50. The third kappa shape index (κ3) is 0.886. The second-order valence-corrected chi connectivity index (χ2v) is 1.86. The van der Waals surface area contributed by atoms with E-state index >= 15 is 0 Å². The molecule has 1 fully saturated rings. The van der Waals surface area contributed by atoms with Gasteiger partial charge in [-0.15, -0.1) is 0 Å². The van der Waals surface area contributed by atoms with E-state index in [1.807, 2.05) is 13.0 Å². The van der Waals surface area contributed by atoms with Gasteiger partial charge in [-0.2, -0.15) is 0 Å². The van der Waals surface area contributed by atoms with Crippen molar-refractivity contribution in [1.82, 2.24) is 5.32 Å². The molecular formula is C6H11NO. The van der Waals surface area contributed by atoms with E-state index in [1.54, 1.807) is 0 Å². The van der Waals surface area contributed by atoms with Crippen LogP contribution in [0.5, 0.6) is 0 Å². The molecule has 0 bridgehead atoms. The average Bonchev–Trinajstić information content (AvgIpc) is 2.14. The Labute approximate surface area is 50.1 Å². The molecule has 1 rings (SSSR count). The molecule has 1 aliphatic heterocycles. The van der Waals surface area contributed by atoms with E-state index in [9.17, 15) is 4.79 Å². The van der Waals surface area contributed by atoms with Crippen LogP contribution < -0.4 is 5.32 Å². The Balaban J connectivity index is 0.000000640. The van der Waals surface area contributed by atoms with E-state index in [-0.39, 0.29) is 7.33 Å². The molecule has 1 aliphatic rings. The molecular weight excluding hydrogens is 102 g/mol. The Hall–Kier alpha value is -0.790. The Kier molecular flexibility index (Phi) is 1.33. The zero-order valence-corrected chi connectivity index (χ0v) is 4.90. The minimum Gasteiger partial charge on any atom is -0.330 e. The molecule has 1 amide bonds. The maximum Gasteiger partial charge on any atom is 0.224 e. The summed E-state index contributed by atoms with van der Waals surface area (Å²) in [6, 6.07) is 0. The van der Waals surface area contributed by atoms with Gasteiger partial charge in [0, 0.05) is 13.5 Å². The van der Waals surface area contributed by atoms with Gasteiger partial charge in [0.2, 0.25) is 5.91 Å². The van der Waals surface area contributed by atoms with Crippen LogP contribution in [-0.2, 0) is 4.79 Å². The predicted octanol–water partition coefficient (Wildman–Crippen LogP) is 1.05. The molecule has 0 unspecified atom stereocenters. The van der Waals surface area contributed by atoms with Crippen LogP contribution in [0.4, 0.5) is 0 Å². The molecule has 1 N–H and O–H groups in total. The molecule has 46 valence electrons. The zero-order chi connectivity index (χ0) is 5.98. The molecule has 1 saturated heterocycles. The quantitative estimate of drug-likeness (QED) is 0.499. The highest BCUT2D eigenvalue weighted by atomic mass is 16.1. The Morgan fingerprint density at radius 3 is 2.75 bits per heavy atom. The van der Waals surface area contributed by atoms with Crippen LogP contribution in [0.25, 0.3) is 0 Å². The van der Waals surface area contributed by atoms with Crippen LogP contribution in [0.2, 0.25) is 0 Å². The van der Waals surface area contributed by atoms with Gasteiger partial charge < -0.3 is 5.32 Å². The zero-order valence-electron chi connectivity index (χ0n) is 4.90. The van der Waals surface area contributed by atoms with E-state index in [0.717, 1.165) is 12.1 Å². The molecule has 0 radical (unpaired) electrons. The Morgan fingerprint density at radius 2 is 2.50 bits per heavy atom. The van der Waals surface area contributed by atoms with Gasteiger partial charge in [-0.05, 0) is 13.3 Å². The molecule has 0 atom stereocenters. The SMILES string of the molecule is C/C=C1/CCC(=O)N1.[HH]. The highest BCUT2D eigenvalue weighted by Gasteiger charge is 2.11. The number of hydrogen-bond donors (Lipinski definition) is 1. The highest BCUT2D eigenvalue weighted by Crippen LogP contribution is 2.08. The predicted molar refractivity (Wildman–Crippen MR) is 33.2 cm³/mol. The van der Waals surface area contributed by atoms with E-state index in [0.29, 0.717) is 6.42 Å². The summed E-state index contributed by atoms with van der Waals surface area (Å²) in [7, 11) is 0. The lowest BCUT2D eigenvalue weighted by Crippen LogP contribution is -2.11. The summed E-state index contributed by atoms with van der Waals surface area (Å²) in [4.78, 5) is 10.5. The van der Waals surface area contributed by atoms with Crippen LogP contribution in [0.1, 0.15) is 21.2 Å². The van der Waals surface area contributed by atoms with Gasteiger partial charge in [0.25, 0.3) is 0 Å². The van der Waals surface area contributed by atoms with Gasteiger partial charge >= 0.3 is 0 Å². The van der Waals surface area contributed by atoms with E-state index in [2.05, 4.69) is 5.32 Å². The second-order valence-electron chi connectivity index (χ2n) is 1.86. The normalized spacial score (nSPS) is 24.1. The number of hydrogen-bond acceptors (Lipinski definition) is 1. The standard InChI is InChI=1S/C6H9NO.H2/c1-2-5-3-4-6(8)7-5;/h2H,3-4H2,1H3,(H,7,8);1H/b5-2-;. The van der Waals surface area contributed by atoms with E-state index in [4.69, 9.17) is 0 Å². The summed E-state index contributed by atoms with van der Waals surface area (Å²) in [5, 5.41) is 2.73. The summed E-state index contributed by atoms with van der Waals surface area (Å²) in [6.45, 7) is 1.93. The summed E-state index contributed by atoms with van der Waals surface area (Å²) in [5.74, 6) is 0.151. The summed E-state index contributed by atoms with van der Waals surface area (Å²) in [5.41, 5.74) is 1.06. The molecule has 8 heavy (non-hydrogen) atoms. The van der Waals surface area contributed by atoms with Crippen molar-refractivity contribution in [3.8, 4) is 0 Å². The molecule has 0 aromatic carbocycles. The lowest BCUT2D eigenvalue weighted by molar-refractivity contribution is -0.118. The third-order valence-electron chi connectivity index (χ3n) is 1.27. The average molecular weight is 113 g/mol. The van der Waals surface area contributed by atoms with Crippen LogP contribution in [0.3, 0.4) is 0 Å². The fraction of sp³-hybridized carbons (Fsp3) is 0.500. The maximum atomic E-state index is 10.5. The van der Waals surface area contributed by atoms with E-state index in [1.165, 1.54) is 0 Å². The number of amides is 1. The molecule has 2 heteroatoms. The molecule has 0 saturated carbocycles. The third-order valence-corrected chi connectivity index (χ3v) is 1.27. The Morgan fingerprint density at radius 1 is 1.75 bits per heavy atom. The minimum atomic E-state index is 0. The number of rotatable bonds is 0. The van der Waals surface area contributed by atoms with E-state index < -0.39 is 0 Å². The van der Waals surface area contributed by atoms with Gasteiger partial charge in [-0.1, -0.05) is 6.08 Å². The van der Waals surface area contributed by atoms with Gasteiger partial charge in [0.05, 0.1) is 0 Å². The van der Waals surface area contributed by atoms with Gasteiger partial charge in [0.1, 0.15) is 0 Å². The van der Waals surface area contributed by atoms with Crippen molar-refractivity contribution in [3.05, 3.63) is 11.8 Å². The van der Waals surface area contributed by atoms with Crippen LogP contribution >= 0.6 is 0 Å². The number of nitrogens with one attached hydrogen (secondary N) is 1. The first kappa shape index (κ1) is 5.35. The first-order valence-electron chi connectivity index (χ1n) is 2.78. The Bertz CT molecular complexity index is 142. The first-order valence-corrected chi connectivity index (χ1v) is 2.78. The monoisotopic (exact) mass is 113 g/mol. The topological polar surface area (TPSA) is 29.1 Å². The molecule has 0 spiro atoms. The molecule has 0 aromatic rings. The molecule has 2 nitrogen and oxygen atoms in total. The summed E-state index contributed by atoms with van der Waals surface area (Å²) < 4.78 is 0. The fourth-order valence-corrected chi connectivity index (χ4v) is 0.769. The van der Waals surface area contributed by atoms with Crippen molar-refractivity contribution in [3.63, 3.8) is 0 Å². The van der Waals surface area contributed by atoms with Crippen molar-refractivity contribution in [2.24, 2.45) is 0 Å². The number of carbonyl (C=O) groups is 1. The molecule has 1 heterocycles. The van der Waals surface area contributed by atoms with Crippen LogP contribution in [-0.4, -0.2) is 5.91 Å². The minimum absolute atomic E-state index is 0. The molecule has 0 aromatic heterocycles. The van der Waals surface area contributed by atoms with Crippen molar-refractivity contribution in [2.45, 2.75) is 19.8 Å². The molecule has 0 aliphatic carbocycles. The smallest absolute Gasteiger partial charge is 0.224 e. The van der Waals surface area contributed by atoms with Gasteiger partial charge in [0.15, 0.2) is 0 Å². The van der Waals surface area contributed by atoms with Crippen molar-refractivity contribution >= 4 is 5.91 Å². The van der Waals surface area contributed by atoms with Crippen LogP contribution in [0.15, 0.2) is 11.8 Å². The maximum absolute atomic E-state index is 10.5. The van der Waals surface area contributed by atoms with Crippen molar-refractivity contribution < 1.29 is 6.22 Å². The fourth-order valence-electron chi connectivity index (χ4n) is 0.769. The van der Waals surface area contributed by atoms with Crippen LogP contribution in [0, 0.1) is 0 Å².